The maximum Gasteiger partial charge on any atom is 0.276 e. The Labute approximate surface area is 236 Å². The van der Waals surface area contributed by atoms with E-state index in [0.717, 1.165) is 28.2 Å². The number of carbonyl (C=O) groups excluding carboxylic acids is 2. The molecule has 1 amide bonds. The van der Waals surface area contributed by atoms with Gasteiger partial charge in [-0.1, -0.05) is 30.3 Å². The first-order chi connectivity index (χ1) is 20.0. The summed E-state index contributed by atoms with van der Waals surface area (Å²) >= 11 is 0. The molecule has 0 bridgehead atoms. The topological polar surface area (TPSA) is 123 Å². The van der Waals surface area contributed by atoms with E-state index in [9.17, 15) is 9.59 Å². The molecule has 0 fully saturated rings. The van der Waals surface area contributed by atoms with Gasteiger partial charge in [0.05, 0.1) is 26.1 Å². The van der Waals surface area contributed by atoms with E-state index in [2.05, 4.69) is 30.3 Å². The molecule has 0 aliphatic heterocycles. The SMILES string of the molecule is COc1ccc(CN(Cc2ccc(OC)cc2)c2ncnn3c(C(=O)Nc4cc(N=C=O)ccc4C)cnc23)cc1. The average Bonchev–Trinajstić information content (AvgIpc) is 3.44. The molecule has 0 saturated heterocycles. The quantitative estimate of drug-likeness (QED) is 0.193. The molecule has 11 nitrogen and oxygen atoms in total. The van der Waals surface area contributed by atoms with Crippen LogP contribution in [0.15, 0.2) is 84.2 Å². The Morgan fingerprint density at radius 1 is 0.951 bits per heavy atom. The molecule has 11 heteroatoms. The summed E-state index contributed by atoms with van der Waals surface area (Å²) in [5.74, 6) is 1.67. The van der Waals surface area contributed by atoms with Crippen LogP contribution in [0.2, 0.25) is 0 Å². The van der Waals surface area contributed by atoms with E-state index in [1.165, 1.54) is 23.1 Å². The number of isocyanates is 1. The predicted molar refractivity (Wildman–Crippen MR) is 154 cm³/mol. The second kappa shape index (κ2) is 12.1. The summed E-state index contributed by atoms with van der Waals surface area (Å²) in [5, 5.41) is 7.19. The second-order valence-electron chi connectivity index (χ2n) is 9.17. The fourth-order valence-electron chi connectivity index (χ4n) is 4.34. The first-order valence-corrected chi connectivity index (χ1v) is 12.7. The summed E-state index contributed by atoms with van der Waals surface area (Å²) < 4.78 is 12.1. The highest BCUT2D eigenvalue weighted by molar-refractivity contribution is 6.04. The molecular weight excluding hydrogens is 522 g/mol. The number of hydrogen-bond donors (Lipinski definition) is 1. The Kier molecular flexibility index (Phi) is 7.98. The zero-order valence-electron chi connectivity index (χ0n) is 22.7. The van der Waals surface area contributed by atoms with Crippen LogP contribution in [0.1, 0.15) is 27.2 Å². The predicted octanol–water partition coefficient (Wildman–Crippen LogP) is 4.88. The minimum Gasteiger partial charge on any atom is -0.497 e. The number of nitrogens with one attached hydrogen (secondary N) is 1. The Hall–Kier alpha value is -5.54. The minimum atomic E-state index is -0.422. The number of imidazole rings is 1. The van der Waals surface area contributed by atoms with E-state index in [-0.39, 0.29) is 5.69 Å². The standard InChI is InChI=1S/C30H27N7O4/c1-20-4-9-23(33-19-38)14-26(20)35-30(39)27-15-31-29-28(32-18-34-37(27)29)36(16-21-5-10-24(40-2)11-6-21)17-22-7-12-25(41-3)13-8-22/h4-15,18H,16-17H2,1-3H3,(H,35,39). The second-order valence-corrected chi connectivity index (χ2v) is 9.17. The van der Waals surface area contributed by atoms with Crippen molar-refractivity contribution in [1.82, 2.24) is 19.6 Å². The first-order valence-electron chi connectivity index (χ1n) is 12.7. The first kappa shape index (κ1) is 27.0. The van der Waals surface area contributed by atoms with E-state index >= 15 is 0 Å². The van der Waals surface area contributed by atoms with E-state index in [1.54, 1.807) is 32.4 Å². The number of fused-ring (bicyclic) bond motifs is 1. The van der Waals surface area contributed by atoms with Gasteiger partial charge in [0, 0.05) is 18.8 Å². The fraction of sp³-hybridized carbons (Fsp3) is 0.167. The Morgan fingerprint density at radius 2 is 1.59 bits per heavy atom. The number of ether oxygens (including phenoxy) is 2. The van der Waals surface area contributed by atoms with Crippen LogP contribution in [-0.2, 0) is 17.9 Å². The zero-order valence-corrected chi connectivity index (χ0v) is 22.7. The van der Waals surface area contributed by atoms with Gasteiger partial charge in [-0.3, -0.25) is 4.79 Å². The highest BCUT2D eigenvalue weighted by Gasteiger charge is 2.21. The van der Waals surface area contributed by atoms with E-state index in [0.29, 0.717) is 35.9 Å². The van der Waals surface area contributed by atoms with Crippen LogP contribution in [0.5, 0.6) is 11.5 Å². The monoisotopic (exact) mass is 549 g/mol. The highest BCUT2D eigenvalue weighted by atomic mass is 16.5. The van der Waals surface area contributed by atoms with Crippen LogP contribution < -0.4 is 19.7 Å². The summed E-state index contributed by atoms with van der Waals surface area (Å²) in [6.07, 6.45) is 4.38. The highest BCUT2D eigenvalue weighted by Crippen LogP contribution is 2.26. The Bertz CT molecular complexity index is 1680. The number of aryl methyl sites for hydroxylation is 1. The number of nitrogens with zero attached hydrogens (tertiary/aromatic N) is 6. The maximum absolute atomic E-state index is 13.3. The van der Waals surface area contributed by atoms with Crippen molar-refractivity contribution in [3.63, 3.8) is 0 Å². The molecule has 1 N–H and O–H groups in total. The van der Waals surface area contributed by atoms with Crippen LogP contribution >= 0.6 is 0 Å². The summed E-state index contributed by atoms with van der Waals surface area (Å²) in [7, 11) is 3.26. The van der Waals surface area contributed by atoms with Gasteiger partial charge in [0.25, 0.3) is 5.91 Å². The van der Waals surface area contributed by atoms with Crippen molar-refractivity contribution in [2.45, 2.75) is 20.0 Å². The Balaban J connectivity index is 1.49. The molecule has 3 aromatic carbocycles. The van der Waals surface area contributed by atoms with Crippen LogP contribution in [0, 0.1) is 6.92 Å². The number of hydrogen-bond acceptors (Lipinski definition) is 9. The number of amides is 1. The number of carbonyl (C=O) groups is 1. The minimum absolute atomic E-state index is 0.223. The number of methoxy groups -OCH3 is 2. The molecule has 41 heavy (non-hydrogen) atoms. The van der Waals surface area contributed by atoms with Crippen LogP contribution in [0.4, 0.5) is 17.2 Å². The normalized spacial score (nSPS) is 10.6. The zero-order chi connectivity index (χ0) is 28.8. The van der Waals surface area contributed by atoms with Gasteiger partial charge in [0.2, 0.25) is 6.08 Å². The van der Waals surface area contributed by atoms with E-state index in [4.69, 9.17) is 9.47 Å². The van der Waals surface area contributed by atoms with Gasteiger partial charge in [-0.05, 0) is 60.0 Å². The molecule has 0 spiro atoms. The average molecular weight is 550 g/mol. The lowest BCUT2D eigenvalue weighted by Crippen LogP contribution is -2.24. The van der Waals surface area contributed by atoms with Crippen molar-refractivity contribution < 1.29 is 19.1 Å². The molecule has 2 aromatic heterocycles. The summed E-state index contributed by atoms with van der Waals surface area (Å²) in [6.45, 7) is 2.87. The Morgan fingerprint density at radius 3 is 2.17 bits per heavy atom. The summed E-state index contributed by atoms with van der Waals surface area (Å²) in [5.41, 5.74) is 4.42. The van der Waals surface area contributed by atoms with Crippen molar-refractivity contribution in [1.29, 1.82) is 0 Å². The third kappa shape index (κ3) is 6.05. The van der Waals surface area contributed by atoms with Gasteiger partial charge < -0.3 is 19.7 Å². The van der Waals surface area contributed by atoms with Crippen molar-refractivity contribution in [2.75, 3.05) is 24.4 Å². The molecular formula is C30H27N7O4. The molecule has 0 aliphatic carbocycles. The fourth-order valence-corrected chi connectivity index (χ4v) is 4.34. The van der Waals surface area contributed by atoms with E-state index < -0.39 is 5.91 Å². The number of aliphatic imine (C=N–C) groups is 1. The lowest BCUT2D eigenvalue weighted by atomic mass is 10.1. The van der Waals surface area contributed by atoms with Gasteiger partial charge in [-0.2, -0.15) is 10.1 Å². The van der Waals surface area contributed by atoms with Gasteiger partial charge in [-0.15, -0.1) is 0 Å². The summed E-state index contributed by atoms with van der Waals surface area (Å²) in [6, 6.07) is 20.6. The van der Waals surface area contributed by atoms with Gasteiger partial charge in [0.1, 0.15) is 17.8 Å². The van der Waals surface area contributed by atoms with Gasteiger partial charge in [-0.25, -0.2) is 19.3 Å². The number of rotatable bonds is 10. The third-order valence-electron chi connectivity index (χ3n) is 6.53. The van der Waals surface area contributed by atoms with Crippen LogP contribution in [0.25, 0.3) is 5.65 Å². The molecule has 5 aromatic rings. The van der Waals surface area contributed by atoms with Gasteiger partial charge >= 0.3 is 0 Å². The smallest absolute Gasteiger partial charge is 0.276 e. The summed E-state index contributed by atoms with van der Waals surface area (Å²) in [4.78, 5) is 38.8. The van der Waals surface area contributed by atoms with Gasteiger partial charge in [0.15, 0.2) is 17.2 Å². The van der Waals surface area contributed by atoms with Crippen molar-refractivity contribution in [2.24, 2.45) is 4.99 Å². The molecule has 0 saturated carbocycles. The maximum atomic E-state index is 13.3. The largest absolute Gasteiger partial charge is 0.497 e. The van der Waals surface area contributed by atoms with Crippen LogP contribution in [-0.4, -0.2) is 45.8 Å². The third-order valence-corrected chi connectivity index (χ3v) is 6.53. The van der Waals surface area contributed by atoms with Crippen molar-refractivity contribution >= 4 is 34.8 Å². The lowest BCUT2D eigenvalue weighted by Gasteiger charge is -2.24. The molecule has 0 aliphatic rings. The molecule has 2 heterocycles. The molecule has 0 atom stereocenters. The molecule has 206 valence electrons. The number of benzene rings is 3. The number of aromatic nitrogens is 4. The molecule has 0 unspecified atom stereocenters. The lowest BCUT2D eigenvalue weighted by molar-refractivity contribution is 0.102. The van der Waals surface area contributed by atoms with Crippen molar-refractivity contribution in [3.05, 3.63) is 102 Å². The van der Waals surface area contributed by atoms with E-state index in [1.807, 2.05) is 55.5 Å². The molecule has 0 radical (unpaired) electrons. The number of anilines is 2. The van der Waals surface area contributed by atoms with Crippen LogP contribution in [0.3, 0.4) is 0 Å². The molecule has 5 rings (SSSR count). The van der Waals surface area contributed by atoms with Crippen molar-refractivity contribution in [3.8, 4) is 11.5 Å².